The third-order valence-electron chi connectivity index (χ3n) is 2.81. The molecule has 2 rings (SSSR count). The number of carboxylic acids is 1. The third-order valence-corrected chi connectivity index (χ3v) is 2.81. The summed E-state index contributed by atoms with van der Waals surface area (Å²) in [7, 11) is 0. The van der Waals surface area contributed by atoms with Crippen molar-refractivity contribution in [3.63, 3.8) is 0 Å². The van der Waals surface area contributed by atoms with Crippen molar-refractivity contribution in [1.29, 1.82) is 0 Å². The first-order chi connectivity index (χ1) is 7.62. The molecule has 5 nitrogen and oxygen atoms in total. The molecule has 1 atom stereocenters. The van der Waals surface area contributed by atoms with Gasteiger partial charge in [-0.2, -0.15) is 0 Å². The average molecular weight is 226 g/mol. The fraction of sp³-hybridized carbons (Fsp3) is 0.545. The van der Waals surface area contributed by atoms with Crippen LogP contribution in [0.15, 0.2) is 16.5 Å². The van der Waals surface area contributed by atoms with Gasteiger partial charge < -0.3 is 19.4 Å². The highest BCUT2D eigenvalue weighted by Gasteiger charge is 2.34. The van der Waals surface area contributed by atoms with E-state index in [2.05, 4.69) is 0 Å². The average Bonchev–Trinajstić information content (AvgIpc) is 2.64. The monoisotopic (exact) mass is 226 g/mol. The third kappa shape index (κ3) is 2.10. The number of hydrogen-bond acceptors (Lipinski definition) is 4. The van der Waals surface area contributed by atoms with Crippen LogP contribution in [-0.4, -0.2) is 29.4 Å². The van der Waals surface area contributed by atoms with E-state index in [1.165, 1.54) is 12.1 Å². The van der Waals surface area contributed by atoms with E-state index in [0.29, 0.717) is 31.8 Å². The molecule has 0 amide bonds. The molecule has 88 valence electrons. The fourth-order valence-electron chi connectivity index (χ4n) is 1.88. The normalized spacial score (nSPS) is 26.3. The standard InChI is InChI=1S/C11H14O5/c12-10(13)8-2-3-9(16-8)11(14)4-1-6-15-7-5-11/h2-3,14H,1,4-7H2,(H,12,13). The van der Waals surface area contributed by atoms with Crippen LogP contribution in [-0.2, 0) is 10.3 Å². The van der Waals surface area contributed by atoms with E-state index in [1.807, 2.05) is 0 Å². The van der Waals surface area contributed by atoms with Gasteiger partial charge in [-0.15, -0.1) is 0 Å². The minimum atomic E-state index is -1.13. The van der Waals surface area contributed by atoms with Crippen LogP contribution < -0.4 is 0 Å². The first-order valence-electron chi connectivity index (χ1n) is 5.25. The van der Waals surface area contributed by atoms with E-state index in [9.17, 15) is 9.90 Å². The zero-order valence-electron chi connectivity index (χ0n) is 8.81. The van der Waals surface area contributed by atoms with Crippen LogP contribution in [0.25, 0.3) is 0 Å². The highest BCUT2D eigenvalue weighted by Crippen LogP contribution is 2.33. The molecule has 0 saturated carbocycles. The summed E-state index contributed by atoms with van der Waals surface area (Å²) >= 11 is 0. The number of ether oxygens (including phenoxy) is 1. The molecule has 0 radical (unpaired) electrons. The van der Waals surface area contributed by atoms with Crippen molar-refractivity contribution in [2.45, 2.75) is 24.9 Å². The van der Waals surface area contributed by atoms with Crippen LogP contribution in [0.4, 0.5) is 0 Å². The second-order valence-corrected chi connectivity index (χ2v) is 3.97. The Bertz CT molecular complexity index is 373. The van der Waals surface area contributed by atoms with Crippen molar-refractivity contribution in [3.8, 4) is 0 Å². The molecule has 1 unspecified atom stereocenters. The van der Waals surface area contributed by atoms with Crippen LogP contribution in [0.2, 0.25) is 0 Å². The summed E-state index contributed by atoms with van der Waals surface area (Å²) in [5.41, 5.74) is -1.09. The van der Waals surface area contributed by atoms with Crippen LogP contribution >= 0.6 is 0 Å². The molecule has 2 heterocycles. The van der Waals surface area contributed by atoms with Gasteiger partial charge >= 0.3 is 5.97 Å². The highest BCUT2D eigenvalue weighted by atomic mass is 16.5. The van der Waals surface area contributed by atoms with Crippen molar-refractivity contribution in [1.82, 2.24) is 0 Å². The van der Waals surface area contributed by atoms with Gasteiger partial charge in [0.15, 0.2) is 0 Å². The lowest BCUT2D eigenvalue weighted by atomic mass is 9.92. The van der Waals surface area contributed by atoms with Crippen LogP contribution in [0.1, 0.15) is 35.6 Å². The molecule has 0 aromatic carbocycles. The lowest BCUT2D eigenvalue weighted by molar-refractivity contribution is -0.00615. The molecule has 1 fully saturated rings. The Kier molecular flexibility index (Phi) is 2.98. The molecule has 0 bridgehead atoms. The van der Waals surface area contributed by atoms with Crippen molar-refractivity contribution in [2.24, 2.45) is 0 Å². The number of furan rings is 1. The Morgan fingerprint density at radius 2 is 2.12 bits per heavy atom. The van der Waals surface area contributed by atoms with E-state index in [0.717, 1.165) is 6.42 Å². The summed E-state index contributed by atoms with van der Waals surface area (Å²) in [6, 6.07) is 2.89. The zero-order valence-corrected chi connectivity index (χ0v) is 8.81. The summed E-state index contributed by atoms with van der Waals surface area (Å²) in [6.07, 6.45) is 1.69. The van der Waals surface area contributed by atoms with Gasteiger partial charge in [0.2, 0.25) is 5.76 Å². The maximum Gasteiger partial charge on any atom is 0.371 e. The lowest BCUT2D eigenvalue weighted by Gasteiger charge is -2.23. The molecule has 1 aromatic heterocycles. The summed E-state index contributed by atoms with van der Waals surface area (Å²) in [4.78, 5) is 10.7. The van der Waals surface area contributed by atoms with Gasteiger partial charge in [-0.1, -0.05) is 0 Å². The number of carboxylic acid groups (broad SMARTS) is 1. The van der Waals surface area contributed by atoms with Gasteiger partial charge in [0, 0.05) is 19.6 Å². The van der Waals surface area contributed by atoms with Gasteiger partial charge in [-0.3, -0.25) is 0 Å². The fourth-order valence-corrected chi connectivity index (χ4v) is 1.88. The van der Waals surface area contributed by atoms with E-state index in [1.54, 1.807) is 0 Å². The summed E-state index contributed by atoms with van der Waals surface area (Å²) in [6.45, 7) is 1.08. The summed E-state index contributed by atoms with van der Waals surface area (Å²) in [5, 5.41) is 19.1. The Morgan fingerprint density at radius 1 is 1.31 bits per heavy atom. The Morgan fingerprint density at radius 3 is 2.81 bits per heavy atom. The minimum Gasteiger partial charge on any atom is -0.475 e. The number of rotatable bonds is 2. The van der Waals surface area contributed by atoms with Gasteiger partial charge in [-0.05, 0) is 25.0 Å². The van der Waals surface area contributed by atoms with Crippen molar-refractivity contribution < 1.29 is 24.2 Å². The Balaban J connectivity index is 2.23. The highest BCUT2D eigenvalue weighted by molar-refractivity contribution is 5.84. The first-order valence-corrected chi connectivity index (χ1v) is 5.25. The molecular formula is C11H14O5. The lowest BCUT2D eigenvalue weighted by Crippen LogP contribution is -2.25. The van der Waals surface area contributed by atoms with E-state index in [4.69, 9.17) is 14.3 Å². The van der Waals surface area contributed by atoms with Gasteiger partial charge in [0.1, 0.15) is 11.4 Å². The SMILES string of the molecule is O=C(O)c1ccc(C2(O)CCCOCC2)o1. The van der Waals surface area contributed by atoms with Gasteiger partial charge in [0.05, 0.1) is 0 Å². The van der Waals surface area contributed by atoms with Crippen LogP contribution in [0, 0.1) is 0 Å². The van der Waals surface area contributed by atoms with Crippen LogP contribution in [0.3, 0.4) is 0 Å². The second-order valence-electron chi connectivity index (χ2n) is 3.97. The van der Waals surface area contributed by atoms with Crippen molar-refractivity contribution >= 4 is 5.97 Å². The molecule has 0 aliphatic carbocycles. The maximum absolute atomic E-state index is 10.7. The van der Waals surface area contributed by atoms with E-state index >= 15 is 0 Å². The van der Waals surface area contributed by atoms with Gasteiger partial charge in [-0.25, -0.2) is 4.79 Å². The number of hydrogen-bond donors (Lipinski definition) is 2. The minimum absolute atomic E-state index is 0.145. The molecule has 5 heteroatoms. The van der Waals surface area contributed by atoms with Crippen molar-refractivity contribution in [3.05, 3.63) is 23.7 Å². The second kappa shape index (κ2) is 4.27. The number of carbonyl (C=O) groups is 1. The Hall–Kier alpha value is -1.33. The topological polar surface area (TPSA) is 79.9 Å². The predicted octanol–water partition coefficient (Wildman–Crippen LogP) is 1.37. The molecule has 1 aliphatic rings. The summed E-state index contributed by atoms with van der Waals surface area (Å²) < 4.78 is 10.4. The molecule has 1 saturated heterocycles. The molecule has 16 heavy (non-hydrogen) atoms. The molecule has 2 N–H and O–H groups in total. The molecular weight excluding hydrogens is 212 g/mol. The molecule has 1 aromatic rings. The first kappa shape index (κ1) is 11.2. The predicted molar refractivity (Wildman–Crippen MR) is 54.2 cm³/mol. The summed E-state index contributed by atoms with van der Waals surface area (Å²) in [5.74, 6) is -0.955. The maximum atomic E-state index is 10.7. The smallest absolute Gasteiger partial charge is 0.371 e. The largest absolute Gasteiger partial charge is 0.475 e. The molecule has 1 aliphatic heterocycles. The quantitative estimate of drug-likeness (QED) is 0.796. The van der Waals surface area contributed by atoms with E-state index in [-0.39, 0.29) is 5.76 Å². The number of aliphatic hydroxyl groups is 1. The molecule has 0 spiro atoms. The Labute approximate surface area is 92.6 Å². The van der Waals surface area contributed by atoms with E-state index < -0.39 is 11.6 Å². The van der Waals surface area contributed by atoms with Crippen molar-refractivity contribution in [2.75, 3.05) is 13.2 Å². The van der Waals surface area contributed by atoms with Gasteiger partial charge in [0.25, 0.3) is 0 Å². The number of aromatic carboxylic acids is 1. The zero-order chi connectivity index (χ0) is 11.6. The van der Waals surface area contributed by atoms with Crippen LogP contribution in [0.5, 0.6) is 0 Å².